The van der Waals surface area contributed by atoms with Gasteiger partial charge in [0.05, 0.1) is 0 Å². The predicted octanol–water partition coefficient (Wildman–Crippen LogP) is 3.52. The van der Waals surface area contributed by atoms with E-state index >= 15 is 0 Å². The number of hydrogen-bond donors (Lipinski definition) is 1. The molecule has 1 atom stereocenters. The van der Waals surface area contributed by atoms with E-state index in [1.165, 1.54) is 12.1 Å². The number of benzene rings is 2. The number of nitrogens with one attached hydrogen (secondary N) is 1. The fourth-order valence-electron chi connectivity index (χ4n) is 2.55. The largest absolute Gasteiger partial charge is 0.323 e. The minimum atomic E-state index is -0.276. The quantitative estimate of drug-likeness (QED) is 0.782. The molecule has 3 aromatic rings. The summed E-state index contributed by atoms with van der Waals surface area (Å²) < 4.78 is 14.8. The SMILES string of the molecule is Fc1ccc([C@H]2C=C(c3ccc(Cl)cc3)Nc3nnnn32)cc1. The molecule has 7 heteroatoms. The molecule has 0 radical (unpaired) electrons. The molecule has 0 bridgehead atoms. The molecule has 0 saturated carbocycles. The highest BCUT2D eigenvalue weighted by molar-refractivity contribution is 6.30. The zero-order valence-corrected chi connectivity index (χ0v) is 12.6. The molecule has 0 aliphatic carbocycles. The van der Waals surface area contributed by atoms with Crippen LogP contribution in [-0.4, -0.2) is 20.2 Å². The van der Waals surface area contributed by atoms with Crippen LogP contribution in [0.2, 0.25) is 5.02 Å². The highest BCUT2D eigenvalue weighted by Gasteiger charge is 2.24. The molecule has 0 saturated heterocycles. The number of tetrazole rings is 1. The second kappa shape index (κ2) is 5.48. The van der Waals surface area contributed by atoms with E-state index in [4.69, 9.17) is 11.6 Å². The highest BCUT2D eigenvalue weighted by Crippen LogP contribution is 2.31. The number of allylic oxidation sites excluding steroid dienone is 1. The fraction of sp³-hybridized carbons (Fsp3) is 0.0625. The Morgan fingerprint density at radius 1 is 1.04 bits per heavy atom. The molecule has 0 unspecified atom stereocenters. The van der Waals surface area contributed by atoms with Gasteiger partial charge in [-0.2, -0.15) is 4.68 Å². The fourth-order valence-corrected chi connectivity index (χ4v) is 2.68. The van der Waals surface area contributed by atoms with Crippen molar-refractivity contribution in [2.45, 2.75) is 6.04 Å². The van der Waals surface area contributed by atoms with Gasteiger partial charge >= 0.3 is 0 Å². The average molecular weight is 328 g/mol. The molecule has 2 heterocycles. The third kappa shape index (κ3) is 2.57. The summed E-state index contributed by atoms with van der Waals surface area (Å²) in [6, 6.07) is 13.6. The monoisotopic (exact) mass is 327 g/mol. The lowest BCUT2D eigenvalue weighted by Crippen LogP contribution is -2.20. The molecule has 23 heavy (non-hydrogen) atoms. The van der Waals surface area contributed by atoms with Crippen LogP contribution >= 0.6 is 11.6 Å². The van der Waals surface area contributed by atoms with Gasteiger partial charge < -0.3 is 5.32 Å². The van der Waals surface area contributed by atoms with Crippen molar-refractivity contribution in [1.82, 2.24) is 20.2 Å². The van der Waals surface area contributed by atoms with Gasteiger partial charge in [0.25, 0.3) is 0 Å². The van der Waals surface area contributed by atoms with Crippen LogP contribution in [0.1, 0.15) is 17.2 Å². The van der Waals surface area contributed by atoms with Crippen molar-refractivity contribution in [3.05, 3.63) is 76.6 Å². The van der Waals surface area contributed by atoms with E-state index in [-0.39, 0.29) is 11.9 Å². The molecule has 4 rings (SSSR count). The summed E-state index contributed by atoms with van der Waals surface area (Å²) in [5.41, 5.74) is 2.74. The molecule has 1 aliphatic heterocycles. The van der Waals surface area contributed by atoms with E-state index in [1.807, 2.05) is 30.3 Å². The van der Waals surface area contributed by atoms with Gasteiger partial charge in [0.15, 0.2) is 0 Å². The smallest absolute Gasteiger partial charge is 0.248 e. The van der Waals surface area contributed by atoms with Gasteiger partial charge in [0.2, 0.25) is 5.95 Å². The Bertz CT molecular complexity index is 870. The van der Waals surface area contributed by atoms with Gasteiger partial charge in [-0.15, -0.1) is 0 Å². The average Bonchev–Trinajstić information content (AvgIpc) is 3.04. The van der Waals surface area contributed by atoms with Gasteiger partial charge in [0.1, 0.15) is 11.9 Å². The normalized spacial score (nSPS) is 16.4. The minimum absolute atomic E-state index is 0.215. The Kier molecular flexibility index (Phi) is 3.31. The predicted molar refractivity (Wildman–Crippen MR) is 85.4 cm³/mol. The zero-order valence-electron chi connectivity index (χ0n) is 11.8. The molecule has 114 valence electrons. The molecule has 0 spiro atoms. The lowest BCUT2D eigenvalue weighted by Gasteiger charge is -2.23. The van der Waals surface area contributed by atoms with Gasteiger partial charge in [-0.05, 0) is 51.9 Å². The van der Waals surface area contributed by atoms with E-state index in [2.05, 4.69) is 20.8 Å². The standard InChI is InChI=1S/C16H11ClFN5/c17-12-5-1-10(2-6-12)14-9-15(11-3-7-13(18)8-4-11)23-16(19-14)20-21-22-23/h1-9,15H,(H,19,20,22)/t15-/m1/s1. The first-order valence-electron chi connectivity index (χ1n) is 6.99. The molecular weight excluding hydrogens is 317 g/mol. The van der Waals surface area contributed by atoms with E-state index in [0.717, 1.165) is 16.8 Å². The second-order valence-electron chi connectivity index (χ2n) is 5.16. The van der Waals surface area contributed by atoms with Gasteiger partial charge in [0, 0.05) is 10.7 Å². The van der Waals surface area contributed by atoms with Crippen molar-refractivity contribution in [2.24, 2.45) is 0 Å². The first-order valence-corrected chi connectivity index (χ1v) is 7.36. The summed E-state index contributed by atoms with van der Waals surface area (Å²) in [5, 5.41) is 15.6. The summed E-state index contributed by atoms with van der Waals surface area (Å²) in [7, 11) is 0. The number of rotatable bonds is 2. The number of hydrogen-bond acceptors (Lipinski definition) is 4. The summed E-state index contributed by atoms with van der Waals surface area (Å²) in [5.74, 6) is 0.258. The van der Waals surface area contributed by atoms with Crippen molar-refractivity contribution in [3.8, 4) is 0 Å². The maximum absolute atomic E-state index is 13.2. The Hall–Kier alpha value is -2.73. The molecule has 1 aromatic heterocycles. The highest BCUT2D eigenvalue weighted by atomic mass is 35.5. The molecule has 2 aromatic carbocycles. The summed E-state index contributed by atoms with van der Waals surface area (Å²) in [6.07, 6.45) is 2.00. The van der Waals surface area contributed by atoms with Crippen molar-refractivity contribution >= 4 is 23.2 Å². The van der Waals surface area contributed by atoms with Crippen LogP contribution in [0.15, 0.2) is 54.6 Å². The van der Waals surface area contributed by atoms with Crippen molar-refractivity contribution in [1.29, 1.82) is 0 Å². The second-order valence-corrected chi connectivity index (χ2v) is 5.59. The molecule has 1 N–H and O–H groups in total. The Labute approximate surface area is 136 Å². The third-order valence-electron chi connectivity index (χ3n) is 3.69. The van der Waals surface area contributed by atoms with Gasteiger partial charge in [-0.1, -0.05) is 41.0 Å². The number of fused-ring (bicyclic) bond motifs is 1. The summed E-state index contributed by atoms with van der Waals surface area (Å²) in [4.78, 5) is 0. The lowest BCUT2D eigenvalue weighted by atomic mass is 10.0. The van der Waals surface area contributed by atoms with Gasteiger partial charge in [-0.3, -0.25) is 0 Å². The van der Waals surface area contributed by atoms with Crippen LogP contribution in [0.25, 0.3) is 5.70 Å². The van der Waals surface area contributed by atoms with E-state index in [1.54, 1.807) is 16.8 Å². The van der Waals surface area contributed by atoms with Crippen LogP contribution < -0.4 is 5.32 Å². The van der Waals surface area contributed by atoms with Gasteiger partial charge in [-0.25, -0.2) is 4.39 Å². The zero-order chi connectivity index (χ0) is 15.8. The number of aromatic nitrogens is 4. The van der Waals surface area contributed by atoms with E-state index in [9.17, 15) is 4.39 Å². The van der Waals surface area contributed by atoms with Crippen molar-refractivity contribution in [2.75, 3.05) is 5.32 Å². The molecule has 5 nitrogen and oxygen atoms in total. The van der Waals surface area contributed by atoms with Crippen LogP contribution in [0.5, 0.6) is 0 Å². The molecule has 1 aliphatic rings. The molecular formula is C16H11ClFN5. The topological polar surface area (TPSA) is 55.6 Å². The molecule has 0 amide bonds. The van der Waals surface area contributed by atoms with Crippen LogP contribution in [0, 0.1) is 5.82 Å². The van der Waals surface area contributed by atoms with E-state index < -0.39 is 0 Å². The maximum Gasteiger partial charge on any atom is 0.248 e. The first-order chi connectivity index (χ1) is 11.2. The summed E-state index contributed by atoms with van der Waals surface area (Å²) in [6.45, 7) is 0. The van der Waals surface area contributed by atoms with Crippen molar-refractivity contribution in [3.63, 3.8) is 0 Å². The van der Waals surface area contributed by atoms with Crippen molar-refractivity contribution < 1.29 is 4.39 Å². The summed E-state index contributed by atoms with van der Waals surface area (Å²) >= 11 is 5.94. The third-order valence-corrected chi connectivity index (χ3v) is 3.95. The first kappa shape index (κ1) is 13.9. The number of anilines is 1. The minimum Gasteiger partial charge on any atom is -0.323 e. The number of nitrogens with zero attached hydrogens (tertiary/aromatic N) is 4. The van der Waals surface area contributed by atoms with E-state index in [0.29, 0.717) is 11.0 Å². The Morgan fingerprint density at radius 3 is 2.52 bits per heavy atom. The lowest BCUT2D eigenvalue weighted by molar-refractivity contribution is 0.582. The van der Waals surface area contributed by atoms with Crippen LogP contribution in [0.4, 0.5) is 10.3 Å². The molecule has 0 fully saturated rings. The van der Waals surface area contributed by atoms with Crippen LogP contribution in [0.3, 0.4) is 0 Å². The Balaban J connectivity index is 1.79. The maximum atomic E-state index is 13.2. The number of halogens is 2. The Morgan fingerprint density at radius 2 is 1.78 bits per heavy atom. The van der Waals surface area contributed by atoms with Crippen LogP contribution in [-0.2, 0) is 0 Å².